The molecule has 1 unspecified atom stereocenters. The lowest BCUT2D eigenvalue weighted by Crippen LogP contribution is -2.38. The second-order valence-corrected chi connectivity index (χ2v) is 4.49. The second kappa shape index (κ2) is 5.85. The van der Waals surface area contributed by atoms with Crippen LogP contribution in [0.3, 0.4) is 0 Å². The van der Waals surface area contributed by atoms with Crippen molar-refractivity contribution in [1.29, 1.82) is 0 Å². The minimum atomic E-state index is -0.0927. The highest BCUT2D eigenvalue weighted by molar-refractivity contribution is 6.29. The third kappa shape index (κ3) is 3.49. The van der Waals surface area contributed by atoms with Crippen LogP contribution in [0.25, 0.3) is 0 Å². The van der Waals surface area contributed by atoms with Crippen molar-refractivity contribution in [3.63, 3.8) is 0 Å². The number of carbonyl (C=O) groups excluding carboxylic acids is 1. The van der Waals surface area contributed by atoms with Crippen LogP contribution in [-0.4, -0.2) is 16.9 Å². The number of hydrogen-bond donors (Lipinski definition) is 1. The van der Waals surface area contributed by atoms with Crippen LogP contribution in [0.5, 0.6) is 0 Å². The van der Waals surface area contributed by atoms with E-state index in [1.807, 2.05) is 0 Å². The van der Waals surface area contributed by atoms with Crippen molar-refractivity contribution in [2.45, 2.75) is 33.2 Å². The van der Waals surface area contributed by atoms with Crippen molar-refractivity contribution >= 4 is 17.5 Å². The van der Waals surface area contributed by atoms with Gasteiger partial charge in [0.25, 0.3) is 5.91 Å². The van der Waals surface area contributed by atoms with Crippen molar-refractivity contribution in [3.8, 4) is 0 Å². The van der Waals surface area contributed by atoms with E-state index in [2.05, 4.69) is 31.1 Å². The Kier molecular flexibility index (Phi) is 4.74. The third-order valence-electron chi connectivity index (χ3n) is 2.55. The number of carbonyl (C=O) groups is 1. The fourth-order valence-electron chi connectivity index (χ4n) is 1.54. The van der Waals surface area contributed by atoms with E-state index in [-0.39, 0.29) is 11.9 Å². The first-order valence-corrected chi connectivity index (χ1v) is 5.84. The van der Waals surface area contributed by atoms with E-state index in [1.54, 1.807) is 12.1 Å². The maximum Gasteiger partial charge on any atom is 0.251 e. The van der Waals surface area contributed by atoms with Crippen molar-refractivity contribution in [2.75, 3.05) is 0 Å². The van der Waals surface area contributed by atoms with E-state index < -0.39 is 0 Å². The molecule has 3 nitrogen and oxygen atoms in total. The molecular weight excluding hydrogens is 224 g/mol. The van der Waals surface area contributed by atoms with Gasteiger partial charge in [-0.3, -0.25) is 4.79 Å². The first kappa shape index (κ1) is 13.0. The normalized spacial score (nSPS) is 12.6. The molecule has 1 atom stereocenters. The number of hydrogen-bond acceptors (Lipinski definition) is 2. The van der Waals surface area contributed by atoms with Gasteiger partial charge in [0.1, 0.15) is 5.15 Å². The Bertz CT molecular complexity index is 366. The number of pyridine rings is 1. The molecule has 0 fully saturated rings. The summed E-state index contributed by atoms with van der Waals surface area (Å²) in [6.45, 7) is 6.24. The van der Waals surface area contributed by atoms with Gasteiger partial charge in [0.2, 0.25) is 0 Å². The fourth-order valence-corrected chi connectivity index (χ4v) is 1.71. The predicted molar refractivity (Wildman–Crippen MR) is 65.6 cm³/mol. The molecule has 1 amide bonds. The molecule has 1 heterocycles. The maximum atomic E-state index is 11.9. The van der Waals surface area contributed by atoms with Crippen molar-refractivity contribution < 1.29 is 4.79 Å². The minimum absolute atomic E-state index is 0.0927. The van der Waals surface area contributed by atoms with E-state index in [9.17, 15) is 4.79 Å². The molecule has 0 saturated carbocycles. The lowest BCUT2D eigenvalue weighted by atomic mass is 10.0. The molecule has 0 aromatic carbocycles. The summed E-state index contributed by atoms with van der Waals surface area (Å²) >= 11 is 5.73. The zero-order chi connectivity index (χ0) is 12.1. The quantitative estimate of drug-likeness (QED) is 0.823. The van der Waals surface area contributed by atoms with E-state index in [0.717, 1.165) is 6.42 Å². The molecule has 1 aromatic rings. The molecule has 0 bridgehead atoms. The molecule has 16 heavy (non-hydrogen) atoms. The topological polar surface area (TPSA) is 42.0 Å². The zero-order valence-electron chi connectivity index (χ0n) is 9.83. The Morgan fingerprint density at radius 3 is 2.75 bits per heavy atom. The Morgan fingerprint density at radius 2 is 2.25 bits per heavy atom. The van der Waals surface area contributed by atoms with Gasteiger partial charge in [0.15, 0.2) is 0 Å². The van der Waals surface area contributed by atoms with Gasteiger partial charge in [0.05, 0.1) is 0 Å². The summed E-state index contributed by atoms with van der Waals surface area (Å²) in [7, 11) is 0. The molecule has 0 aliphatic carbocycles. The van der Waals surface area contributed by atoms with Crippen molar-refractivity contribution in [2.24, 2.45) is 5.92 Å². The first-order valence-electron chi connectivity index (χ1n) is 5.47. The number of amides is 1. The van der Waals surface area contributed by atoms with Crippen LogP contribution in [0.1, 0.15) is 37.6 Å². The number of rotatable bonds is 4. The molecule has 1 N–H and O–H groups in total. The van der Waals surface area contributed by atoms with Gasteiger partial charge in [-0.1, -0.05) is 32.4 Å². The average Bonchev–Trinajstić information content (AvgIpc) is 2.25. The van der Waals surface area contributed by atoms with Gasteiger partial charge in [-0.2, -0.15) is 0 Å². The molecule has 0 radical (unpaired) electrons. The molecule has 88 valence electrons. The summed E-state index contributed by atoms with van der Waals surface area (Å²) in [4.78, 5) is 15.7. The smallest absolute Gasteiger partial charge is 0.251 e. The molecule has 0 aliphatic rings. The Hall–Kier alpha value is -1.09. The maximum absolute atomic E-state index is 11.9. The van der Waals surface area contributed by atoms with Crippen LogP contribution < -0.4 is 5.32 Å². The Balaban J connectivity index is 2.72. The Morgan fingerprint density at radius 1 is 1.56 bits per heavy atom. The monoisotopic (exact) mass is 240 g/mol. The van der Waals surface area contributed by atoms with Crippen molar-refractivity contribution in [1.82, 2.24) is 10.3 Å². The highest BCUT2D eigenvalue weighted by atomic mass is 35.5. The van der Waals surface area contributed by atoms with Crippen LogP contribution in [0.4, 0.5) is 0 Å². The second-order valence-electron chi connectivity index (χ2n) is 4.10. The summed E-state index contributed by atoms with van der Waals surface area (Å²) in [5, 5.41) is 3.32. The summed E-state index contributed by atoms with van der Waals surface area (Å²) in [6, 6.07) is 3.43. The zero-order valence-corrected chi connectivity index (χ0v) is 10.6. The van der Waals surface area contributed by atoms with E-state index >= 15 is 0 Å². The predicted octanol–water partition coefficient (Wildman–Crippen LogP) is 2.90. The van der Waals surface area contributed by atoms with Gasteiger partial charge in [-0.05, 0) is 24.5 Å². The SMILES string of the molecule is CCC(NC(=O)c1ccnc(Cl)c1)C(C)C. The molecule has 0 saturated heterocycles. The van der Waals surface area contributed by atoms with Crippen LogP contribution in [-0.2, 0) is 0 Å². The van der Waals surface area contributed by atoms with Crippen molar-refractivity contribution in [3.05, 3.63) is 29.0 Å². The molecule has 1 rings (SSSR count). The lowest BCUT2D eigenvalue weighted by Gasteiger charge is -2.20. The number of nitrogens with one attached hydrogen (secondary N) is 1. The minimum Gasteiger partial charge on any atom is -0.349 e. The highest BCUT2D eigenvalue weighted by Gasteiger charge is 2.15. The third-order valence-corrected chi connectivity index (χ3v) is 2.76. The highest BCUT2D eigenvalue weighted by Crippen LogP contribution is 2.10. The fraction of sp³-hybridized carbons (Fsp3) is 0.500. The number of aromatic nitrogens is 1. The van der Waals surface area contributed by atoms with Gasteiger partial charge >= 0.3 is 0 Å². The largest absolute Gasteiger partial charge is 0.349 e. The summed E-state index contributed by atoms with van der Waals surface area (Å²) in [6.07, 6.45) is 2.45. The van der Waals surface area contributed by atoms with Gasteiger partial charge < -0.3 is 5.32 Å². The molecular formula is C12H17ClN2O. The average molecular weight is 241 g/mol. The van der Waals surface area contributed by atoms with Crippen LogP contribution in [0.15, 0.2) is 18.3 Å². The molecule has 0 spiro atoms. The summed E-state index contributed by atoms with van der Waals surface area (Å²) in [5.74, 6) is 0.330. The summed E-state index contributed by atoms with van der Waals surface area (Å²) < 4.78 is 0. The first-order chi connectivity index (χ1) is 7.54. The van der Waals surface area contributed by atoms with E-state index in [1.165, 1.54) is 6.20 Å². The van der Waals surface area contributed by atoms with Crippen LogP contribution in [0, 0.1) is 5.92 Å². The molecule has 0 aliphatic heterocycles. The van der Waals surface area contributed by atoms with Gasteiger partial charge in [0, 0.05) is 17.8 Å². The number of nitrogens with zero attached hydrogens (tertiary/aromatic N) is 1. The Labute approximate surface area is 101 Å². The summed E-state index contributed by atoms with van der Waals surface area (Å²) in [5.41, 5.74) is 0.555. The lowest BCUT2D eigenvalue weighted by molar-refractivity contribution is 0.0924. The number of halogens is 1. The van der Waals surface area contributed by atoms with Gasteiger partial charge in [-0.25, -0.2) is 4.98 Å². The van der Waals surface area contributed by atoms with Gasteiger partial charge in [-0.15, -0.1) is 0 Å². The van der Waals surface area contributed by atoms with E-state index in [0.29, 0.717) is 16.6 Å². The molecule has 1 aromatic heterocycles. The molecule has 4 heteroatoms. The van der Waals surface area contributed by atoms with Crippen LogP contribution >= 0.6 is 11.6 Å². The standard InChI is InChI=1S/C12H17ClN2O/c1-4-10(8(2)3)15-12(16)9-5-6-14-11(13)7-9/h5-8,10H,4H2,1-3H3,(H,15,16). The van der Waals surface area contributed by atoms with Crippen LogP contribution in [0.2, 0.25) is 5.15 Å². The van der Waals surface area contributed by atoms with E-state index in [4.69, 9.17) is 11.6 Å².